The van der Waals surface area contributed by atoms with Crippen LogP contribution in [0.1, 0.15) is 12.0 Å². The number of urea groups is 1. The minimum Gasteiger partial charge on any atom is -0.353 e. The average molecular weight is 424 g/mol. The second kappa shape index (κ2) is 9.58. The molecule has 30 heavy (non-hydrogen) atoms. The van der Waals surface area contributed by atoms with Crippen molar-refractivity contribution in [3.8, 4) is 0 Å². The molecule has 0 bridgehead atoms. The van der Waals surface area contributed by atoms with E-state index in [1.165, 1.54) is 29.8 Å². The van der Waals surface area contributed by atoms with E-state index in [-0.39, 0.29) is 17.9 Å². The Kier molecular flexibility index (Phi) is 6.44. The van der Waals surface area contributed by atoms with Gasteiger partial charge in [0.1, 0.15) is 16.7 Å². The van der Waals surface area contributed by atoms with E-state index in [1.807, 2.05) is 18.2 Å². The van der Waals surface area contributed by atoms with Crippen LogP contribution in [0.5, 0.6) is 0 Å². The minimum atomic E-state index is -0.335. The van der Waals surface area contributed by atoms with E-state index in [9.17, 15) is 9.18 Å². The molecule has 3 aromatic rings. The fourth-order valence-corrected chi connectivity index (χ4v) is 4.06. The van der Waals surface area contributed by atoms with Crippen LogP contribution in [0.25, 0.3) is 0 Å². The maximum absolute atomic E-state index is 13.0. The van der Waals surface area contributed by atoms with Crippen LogP contribution < -0.4 is 15.5 Å². The van der Waals surface area contributed by atoms with Gasteiger partial charge in [-0.25, -0.2) is 14.2 Å². The highest BCUT2D eigenvalue weighted by Gasteiger charge is 2.25. The Labute approximate surface area is 178 Å². The summed E-state index contributed by atoms with van der Waals surface area (Å²) in [6.07, 6.45) is 4.35. The van der Waals surface area contributed by atoms with Crippen LogP contribution in [0.15, 0.2) is 72.0 Å². The quantitative estimate of drug-likeness (QED) is 0.578. The maximum Gasteiger partial charge on any atom is 0.319 e. The molecule has 0 spiro atoms. The molecule has 0 saturated carbocycles. The lowest BCUT2D eigenvalue weighted by molar-refractivity contribution is 0.249. The lowest BCUT2D eigenvalue weighted by Gasteiger charge is -2.18. The highest BCUT2D eigenvalue weighted by molar-refractivity contribution is 7.98. The van der Waals surface area contributed by atoms with Crippen LogP contribution in [0.2, 0.25) is 0 Å². The minimum absolute atomic E-state index is 0.00729. The Bertz CT molecular complexity index is 986. The molecule has 1 aromatic heterocycles. The molecule has 1 aliphatic rings. The van der Waals surface area contributed by atoms with Crippen LogP contribution in [0.4, 0.5) is 20.7 Å². The van der Waals surface area contributed by atoms with Crippen LogP contribution >= 0.6 is 11.8 Å². The van der Waals surface area contributed by atoms with Crippen LogP contribution in [-0.4, -0.2) is 35.1 Å². The maximum atomic E-state index is 13.0. The van der Waals surface area contributed by atoms with Gasteiger partial charge in [0.25, 0.3) is 0 Å². The third kappa shape index (κ3) is 5.48. The summed E-state index contributed by atoms with van der Waals surface area (Å²) in [5, 5.41) is 6.57. The molecule has 2 aromatic carbocycles. The van der Waals surface area contributed by atoms with Crippen LogP contribution in [0, 0.1) is 5.82 Å². The van der Waals surface area contributed by atoms with Crippen molar-refractivity contribution in [1.29, 1.82) is 0 Å². The monoisotopic (exact) mass is 423 g/mol. The number of nitrogens with one attached hydrogen (secondary N) is 2. The van der Waals surface area contributed by atoms with Crippen molar-refractivity contribution in [2.24, 2.45) is 0 Å². The summed E-state index contributed by atoms with van der Waals surface area (Å²) in [5.41, 5.74) is 1.80. The number of thioether (sulfide) groups is 1. The van der Waals surface area contributed by atoms with Crippen molar-refractivity contribution in [3.63, 3.8) is 0 Å². The number of amides is 2. The standard InChI is InChI=1S/C22H22FN5OS/c23-17-6-8-18(9-7-17)25-22(29)26-19-10-11-28(14-19)20-12-24-13-21(27-20)30-15-16-4-2-1-3-5-16/h1-9,12-13,19H,10-11,14-15H2,(H2,25,26,29). The van der Waals surface area contributed by atoms with Gasteiger partial charge in [0.2, 0.25) is 0 Å². The van der Waals surface area contributed by atoms with Crippen molar-refractivity contribution in [3.05, 3.63) is 78.4 Å². The Balaban J connectivity index is 1.29. The molecule has 2 amide bonds. The third-order valence-corrected chi connectivity index (χ3v) is 5.75. The Morgan fingerprint density at radius 1 is 1.13 bits per heavy atom. The van der Waals surface area contributed by atoms with Crippen molar-refractivity contribution in [1.82, 2.24) is 15.3 Å². The molecule has 6 nitrogen and oxygen atoms in total. The van der Waals surface area contributed by atoms with E-state index in [1.54, 1.807) is 24.2 Å². The number of aromatic nitrogens is 2. The highest BCUT2D eigenvalue weighted by atomic mass is 32.2. The van der Waals surface area contributed by atoms with Crippen molar-refractivity contribution in [2.75, 3.05) is 23.3 Å². The van der Waals surface area contributed by atoms with Gasteiger partial charge in [-0.05, 0) is 36.2 Å². The Hall–Kier alpha value is -3.13. The van der Waals surface area contributed by atoms with Crippen molar-refractivity contribution in [2.45, 2.75) is 23.2 Å². The zero-order valence-corrected chi connectivity index (χ0v) is 17.1. The Morgan fingerprint density at radius 2 is 1.93 bits per heavy atom. The van der Waals surface area contributed by atoms with Gasteiger partial charge in [-0.3, -0.25) is 4.98 Å². The number of halogens is 1. The number of nitrogens with zero attached hydrogens (tertiary/aromatic N) is 3. The second-order valence-electron chi connectivity index (χ2n) is 7.03. The zero-order valence-electron chi connectivity index (χ0n) is 16.3. The topological polar surface area (TPSA) is 70.2 Å². The summed E-state index contributed by atoms with van der Waals surface area (Å²) in [5.74, 6) is 1.32. The summed E-state index contributed by atoms with van der Waals surface area (Å²) < 4.78 is 13.0. The molecule has 8 heteroatoms. The van der Waals surface area contributed by atoms with E-state index >= 15 is 0 Å². The molecule has 0 aliphatic carbocycles. The molecule has 1 aliphatic heterocycles. The summed E-state index contributed by atoms with van der Waals surface area (Å²) in [4.78, 5) is 23.4. The Morgan fingerprint density at radius 3 is 2.73 bits per heavy atom. The molecule has 1 saturated heterocycles. The molecule has 0 radical (unpaired) electrons. The van der Waals surface area contributed by atoms with Gasteiger partial charge in [0, 0.05) is 30.6 Å². The largest absolute Gasteiger partial charge is 0.353 e. The predicted octanol–water partition coefficient (Wildman–Crippen LogP) is 4.31. The van der Waals surface area contributed by atoms with Gasteiger partial charge >= 0.3 is 6.03 Å². The first kappa shape index (κ1) is 20.2. The molecular formula is C22H22FN5OS. The number of carbonyl (C=O) groups is 1. The second-order valence-corrected chi connectivity index (χ2v) is 8.02. The van der Waals surface area contributed by atoms with Gasteiger partial charge < -0.3 is 15.5 Å². The molecular weight excluding hydrogens is 401 g/mol. The fourth-order valence-electron chi connectivity index (χ4n) is 3.26. The van der Waals surface area contributed by atoms with Gasteiger partial charge in [-0.15, -0.1) is 11.8 Å². The summed E-state index contributed by atoms with van der Waals surface area (Å²) >= 11 is 1.65. The molecule has 154 valence electrons. The number of carbonyl (C=O) groups excluding carboxylic acids is 1. The number of hydrogen-bond acceptors (Lipinski definition) is 5. The number of anilines is 2. The average Bonchev–Trinajstić information content (AvgIpc) is 3.23. The first-order chi connectivity index (χ1) is 14.7. The zero-order chi connectivity index (χ0) is 20.8. The van der Waals surface area contributed by atoms with Crippen LogP contribution in [0.3, 0.4) is 0 Å². The summed E-state index contributed by atoms with van der Waals surface area (Å²) in [6.45, 7) is 1.46. The smallest absolute Gasteiger partial charge is 0.319 e. The molecule has 2 N–H and O–H groups in total. The molecule has 4 rings (SSSR count). The van der Waals surface area contributed by atoms with Gasteiger partial charge in [-0.1, -0.05) is 30.3 Å². The first-order valence-corrected chi connectivity index (χ1v) is 10.7. The van der Waals surface area contributed by atoms with E-state index in [0.717, 1.165) is 29.6 Å². The predicted molar refractivity (Wildman–Crippen MR) is 117 cm³/mol. The molecule has 1 atom stereocenters. The number of hydrogen-bond donors (Lipinski definition) is 2. The van der Waals surface area contributed by atoms with Crippen LogP contribution in [-0.2, 0) is 5.75 Å². The highest BCUT2D eigenvalue weighted by Crippen LogP contribution is 2.24. The van der Waals surface area contributed by atoms with E-state index in [2.05, 4.69) is 32.7 Å². The fraction of sp³-hybridized carbons (Fsp3) is 0.227. The number of benzene rings is 2. The van der Waals surface area contributed by atoms with Crippen molar-refractivity contribution < 1.29 is 9.18 Å². The molecule has 1 unspecified atom stereocenters. The lowest BCUT2D eigenvalue weighted by atomic mass is 10.2. The van der Waals surface area contributed by atoms with Gasteiger partial charge in [-0.2, -0.15) is 0 Å². The van der Waals surface area contributed by atoms with E-state index in [0.29, 0.717) is 12.2 Å². The normalized spacial score (nSPS) is 15.8. The third-order valence-electron chi connectivity index (χ3n) is 4.78. The lowest BCUT2D eigenvalue weighted by Crippen LogP contribution is -2.39. The van der Waals surface area contributed by atoms with Crippen molar-refractivity contribution >= 4 is 29.3 Å². The van der Waals surface area contributed by atoms with E-state index in [4.69, 9.17) is 4.98 Å². The van der Waals surface area contributed by atoms with E-state index < -0.39 is 0 Å². The molecule has 2 heterocycles. The van der Waals surface area contributed by atoms with Gasteiger partial charge in [0.15, 0.2) is 0 Å². The van der Waals surface area contributed by atoms with Gasteiger partial charge in [0.05, 0.1) is 12.4 Å². The number of rotatable bonds is 6. The SMILES string of the molecule is O=C(Nc1ccc(F)cc1)NC1CCN(c2cncc(SCc3ccccc3)n2)C1. The first-order valence-electron chi connectivity index (χ1n) is 9.72. The summed E-state index contributed by atoms with van der Waals surface area (Å²) in [7, 11) is 0. The molecule has 1 fully saturated rings. The summed E-state index contributed by atoms with van der Waals surface area (Å²) in [6, 6.07) is 15.7.